The lowest BCUT2D eigenvalue weighted by molar-refractivity contribution is 0.185. The number of nitrogens with zero attached hydrogens (tertiary/aromatic N) is 1. The Balaban J connectivity index is 1.89. The minimum atomic E-state index is -0.363. The Morgan fingerprint density at radius 2 is 1.96 bits per heavy atom. The standard InChI is InChI=1S/C21H22IN3O3/c1-13-9-14(2)19-15(10-13)11-16(20(27)24-19)12-25(7-8-26)21(28)23-18-6-4-3-5-17(18)22/h3-6,9-11,26H,7-8,12H2,1-2H3,(H,23,28)(H,24,27). The molecule has 1 heterocycles. The van der Waals surface area contributed by atoms with Gasteiger partial charge in [-0.1, -0.05) is 23.8 Å². The lowest BCUT2D eigenvalue weighted by atomic mass is 10.1. The van der Waals surface area contributed by atoms with Crippen molar-refractivity contribution in [2.45, 2.75) is 20.4 Å². The number of amides is 2. The minimum Gasteiger partial charge on any atom is -0.395 e. The topological polar surface area (TPSA) is 85.4 Å². The summed E-state index contributed by atoms with van der Waals surface area (Å²) >= 11 is 2.15. The predicted octanol–water partition coefficient (Wildman–Crippen LogP) is 3.78. The molecule has 3 rings (SSSR count). The van der Waals surface area contributed by atoms with E-state index in [0.717, 1.165) is 25.6 Å². The third-order valence-electron chi connectivity index (χ3n) is 4.50. The van der Waals surface area contributed by atoms with Crippen molar-refractivity contribution in [3.63, 3.8) is 0 Å². The number of urea groups is 1. The zero-order chi connectivity index (χ0) is 20.3. The second-order valence-electron chi connectivity index (χ2n) is 6.72. The van der Waals surface area contributed by atoms with Gasteiger partial charge >= 0.3 is 6.03 Å². The van der Waals surface area contributed by atoms with E-state index in [2.05, 4.69) is 32.9 Å². The monoisotopic (exact) mass is 491 g/mol. The molecule has 0 aliphatic heterocycles. The van der Waals surface area contributed by atoms with Gasteiger partial charge in [0.25, 0.3) is 5.56 Å². The Labute approximate surface area is 176 Å². The molecule has 2 aromatic carbocycles. The van der Waals surface area contributed by atoms with Gasteiger partial charge < -0.3 is 20.3 Å². The van der Waals surface area contributed by atoms with Crippen LogP contribution in [0.1, 0.15) is 16.7 Å². The summed E-state index contributed by atoms with van der Waals surface area (Å²) in [6.07, 6.45) is 0. The third kappa shape index (κ3) is 4.53. The van der Waals surface area contributed by atoms with Crippen molar-refractivity contribution in [3.05, 3.63) is 73.1 Å². The predicted molar refractivity (Wildman–Crippen MR) is 120 cm³/mol. The molecule has 0 bridgehead atoms. The number of hydrogen-bond acceptors (Lipinski definition) is 3. The number of benzene rings is 2. The fourth-order valence-corrected chi connectivity index (χ4v) is 3.71. The first-order chi connectivity index (χ1) is 13.4. The molecule has 6 nitrogen and oxygen atoms in total. The van der Waals surface area contributed by atoms with Crippen LogP contribution in [0.5, 0.6) is 0 Å². The number of pyridine rings is 1. The van der Waals surface area contributed by atoms with Crippen LogP contribution in [0.3, 0.4) is 0 Å². The van der Waals surface area contributed by atoms with E-state index < -0.39 is 0 Å². The van der Waals surface area contributed by atoms with Gasteiger partial charge in [-0.3, -0.25) is 4.79 Å². The number of halogens is 1. The fourth-order valence-electron chi connectivity index (χ4n) is 3.19. The van der Waals surface area contributed by atoms with Crippen molar-refractivity contribution in [1.82, 2.24) is 9.88 Å². The van der Waals surface area contributed by atoms with E-state index in [9.17, 15) is 14.7 Å². The maximum atomic E-state index is 12.7. The average molecular weight is 491 g/mol. The number of carbonyl (C=O) groups is 1. The lowest BCUT2D eigenvalue weighted by Gasteiger charge is -2.22. The van der Waals surface area contributed by atoms with Crippen molar-refractivity contribution in [2.24, 2.45) is 0 Å². The summed E-state index contributed by atoms with van der Waals surface area (Å²) in [5.41, 5.74) is 3.84. The van der Waals surface area contributed by atoms with Crippen molar-refractivity contribution in [1.29, 1.82) is 0 Å². The number of aromatic nitrogens is 1. The Bertz CT molecular complexity index is 1080. The number of fused-ring (bicyclic) bond motifs is 1. The van der Waals surface area contributed by atoms with E-state index >= 15 is 0 Å². The van der Waals surface area contributed by atoms with Gasteiger partial charge in [-0.15, -0.1) is 0 Å². The average Bonchev–Trinajstić information content (AvgIpc) is 2.64. The lowest BCUT2D eigenvalue weighted by Crippen LogP contribution is -2.38. The van der Waals surface area contributed by atoms with Gasteiger partial charge in [0.05, 0.1) is 24.4 Å². The van der Waals surface area contributed by atoms with Crippen molar-refractivity contribution < 1.29 is 9.90 Å². The summed E-state index contributed by atoms with van der Waals surface area (Å²) in [5, 5.41) is 13.2. The molecule has 0 radical (unpaired) electrons. The summed E-state index contributed by atoms with van der Waals surface area (Å²) in [5.74, 6) is 0. The summed E-state index contributed by atoms with van der Waals surface area (Å²) in [6.45, 7) is 4.00. The number of nitrogens with one attached hydrogen (secondary N) is 2. The first-order valence-electron chi connectivity index (χ1n) is 8.93. The second-order valence-corrected chi connectivity index (χ2v) is 7.89. The number of aliphatic hydroxyl groups excluding tert-OH is 1. The maximum Gasteiger partial charge on any atom is 0.322 e. The molecule has 7 heteroatoms. The molecule has 0 atom stereocenters. The quantitative estimate of drug-likeness (QED) is 0.475. The second kappa shape index (κ2) is 8.74. The Morgan fingerprint density at radius 1 is 1.21 bits per heavy atom. The molecule has 3 aromatic rings. The summed E-state index contributed by atoms with van der Waals surface area (Å²) in [4.78, 5) is 29.7. The minimum absolute atomic E-state index is 0.105. The summed E-state index contributed by atoms with van der Waals surface area (Å²) in [7, 11) is 0. The first-order valence-corrected chi connectivity index (χ1v) is 10.0. The van der Waals surface area contributed by atoms with Crippen LogP contribution in [-0.4, -0.2) is 34.2 Å². The van der Waals surface area contributed by atoms with Crippen LogP contribution in [0.25, 0.3) is 10.9 Å². The molecule has 1 aromatic heterocycles. The van der Waals surface area contributed by atoms with E-state index in [0.29, 0.717) is 11.3 Å². The SMILES string of the molecule is Cc1cc(C)c2[nH]c(=O)c(CN(CCO)C(=O)Nc3ccccc3I)cc2c1. The molecular formula is C21H22IN3O3. The van der Waals surface area contributed by atoms with Crippen LogP contribution in [0, 0.1) is 17.4 Å². The van der Waals surface area contributed by atoms with E-state index in [1.165, 1.54) is 4.90 Å². The molecule has 2 amide bonds. The summed E-state index contributed by atoms with van der Waals surface area (Å²) in [6, 6.07) is 12.9. The van der Waals surface area contributed by atoms with E-state index in [4.69, 9.17) is 0 Å². The van der Waals surface area contributed by atoms with Crippen molar-refractivity contribution >= 4 is 45.2 Å². The van der Waals surface area contributed by atoms with E-state index in [-0.39, 0.29) is 31.3 Å². The number of aliphatic hydroxyl groups is 1. The van der Waals surface area contributed by atoms with E-state index in [1.54, 1.807) is 0 Å². The molecule has 0 fully saturated rings. The van der Waals surface area contributed by atoms with Gasteiger partial charge in [-0.25, -0.2) is 4.79 Å². The molecule has 0 unspecified atom stereocenters. The number of hydrogen-bond donors (Lipinski definition) is 3. The van der Waals surface area contributed by atoms with Crippen LogP contribution >= 0.6 is 22.6 Å². The van der Waals surface area contributed by atoms with Gasteiger partial charge in [-0.05, 0) is 71.7 Å². The van der Waals surface area contributed by atoms with Gasteiger partial charge in [0.2, 0.25) is 0 Å². The van der Waals surface area contributed by atoms with Crippen molar-refractivity contribution in [2.75, 3.05) is 18.5 Å². The highest BCUT2D eigenvalue weighted by Crippen LogP contribution is 2.20. The zero-order valence-electron chi connectivity index (χ0n) is 15.8. The molecule has 0 saturated heterocycles. The highest BCUT2D eigenvalue weighted by molar-refractivity contribution is 14.1. The number of carbonyl (C=O) groups excluding carboxylic acids is 1. The van der Waals surface area contributed by atoms with Crippen LogP contribution in [-0.2, 0) is 6.54 Å². The third-order valence-corrected chi connectivity index (χ3v) is 5.44. The largest absolute Gasteiger partial charge is 0.395 e. The smallest absolute Gasteiger partial charge is 0.322 e. The highest BCUT2D eigenvalue weighted by Gasteiger charge is 2.17. The molecule has 28 heavy (non-hydrogen) atoms. The van der Waals surface area contributed by atoms with Gasteiger partial charge in [-0.2, -0.15) is 0 Å². The van der Waals surface area contributed by atoms with Gasteiger partial charge in [0.15, 0.2) is 0 Å². The van der Waals surface area contributed by atoms with Gasteiger partial charge in [0.1, 0.15) is 0 Å². The molecule has 3 N–H and O–H groups in total. The van der Waals surface area contributed by atoms with Crippen LogP contribution < -0.4 is 10.9 Å². The molecular weight excluding hydrogens is 469 g/mol. The van der Waals surface area contributed by atoms with Crippen LogP contribution in [0.15, 0.2) is 47.3 Å². The zero-order valence-corrected chi connectivity index (χ0v) is 17.9. The maximum absolute atomic E-state index is 12.7. The van der Waals surface area contributed by atoms with Crippen LogP contribution in [0.4, 0.5) is 10.5 Å². The Kier molecular flexibility index (Phi) is 6.35. The molecule has 0 aliphatic carbocycles. The normalized spacial score (nSPS) is 10.9. The number of anilines is 1. The number of aryl methyl sites for hydroxylation is 2. The Morgan fingerprint density at radius 3 is 2.68 bits per heavy atom. The number of rotatable bonds is 5. The number of para-hydroxylation sites is 1. The first kappa shape index (κ1) is 20.3. The number of aromatic amines is 1. The highest BCUT2D eigenvalue weighted by atomic mass is 127. The van der Waals surface area contributed by atoms with Gasteiger partial charge in [0, 0.05) is 15.7 Å². The molecule has 0 aliphatic rings. The van der Waals surface area contributed by atoms with E-state index in [1.807, 2.05) is 56.3 Å². The van der Waals surface area contributed by atoms with Crippen LogP contribution in [0.2, 0.25) is 0 Å². The number of H-pyrrole nitrogens is 1. The summed E-state index contributed by atoms with van der Waals surface area (Å²) < 4.78 is 0.909. The fraction of sp³-hybridized carbons (Fsp3) is 0.238. The Hall–Kier alpha value is -2.39. The molecule has 0 spiro atoms. The molecule has 0 saturated carbocycles. The molecule has 146 valence electrons. The van der Waals surface area contributed by atoms with Crippen molar-refractivity contribution in [3.8, 4) is 0 Å².